The van der Waals surface area contributed by atoms with Crippen molar-refractivity contribution in [2.75, 3.05) is 38.3 Å². The molecule has 1 unspecified atom stereocenters. The zero-order valence-corrected chi connectivity index (χ0v) is 19.0. The van der Waals surface area contributed by atoms with Gasteiger partial charge in [0.05, 0.1) is 29.0 Å². The van der Waals surface area contributed by atoms with Crippen molar-refractivity contribution in [1.29, 1.82) is 0 Å². The highest BCUT2D eigenvalue weighted by Crippen LogP contribution is 2.49. The van der Waals surface area contributed by atoms with E-state index in [9.17, 15) is 13.8 Å². The summed E-state index contributed by atoms with van der Waals surface area (Å²) in [6.45, 7) is 3.53. The van der Waals surface area contributed by atoms with Crippen LogP contribution in [-0.4, -0.2) is 59.2 Å². The van der Waals surface area contributed by atoms with Crippen LogP contribution < -0.4 is 0 Å². The normalized spacial score (nSPS) is 22.8. The highest BCUT2D eigenvalue weighted by atomic mass is 32.2. The molecule has 0 bridgehead atoms. The maximum Gasteiger partial charge on any atom is 0.258 e. The Morgan fingerprint density at radius 1 is 1.26 bits per heavy atom. The molecule has 1 aliphatic heterocycles. The van der Waals surface area contributed by atoms with Crippen LogP contribution in [0, 0.1) is 12.3 Å². The number of carbonyl (C=O) groups excluding carboxylic acids is 2. The zero-order chi connectivity index (χ0) is 22.1. The van der Waals surface area contributed by atoms with Gasteiger partial charge in [-0.2, -0.15) is 4.36 Å². The van der Waals surface area contributed by atoms with Gasteiger partial charge in [0.2, 0.25) is 5.91 Å². The minimum atomic E-state index is -2.67. The molecule has 1 atom stereocenters. The van der Waals surface area contributed by atoms with E-state index in [1.54, 1.807) is 18.3 Å². The number of fused-ring (bicyclic) bond motifs is 1. The van der Waals surface area contributed by atoms with Gasteiger partial charge >= 0.3 is 0 Å². The van der Waals surface area contributed by atoms with Crippen LogP contribution in [0.3, 0.4) is 0 Å². The van der Waals surface area contributed by atoms with Gasteiger partial charge in [-0.3, -0.25) is 9.59 Å². The first kappa shape index (κ1) is 22.0. The Kier molecular flexibility index (Phi) is 6.21. The van der Waals surface area contributed by atoms with Crippen LogP contribution in [0.5, 0.6) is 0 Å². The fourth-order valence-corrected chi connectivity index (χ4v) is 6.19. The van der Waals surface area contributed by atoms with E-state index in [1.807, 2.05) is 25.1 Å². The van der Waals surface area contributed by atoms with Gasteiger partial charge in [0.25, 0.3) is 5.91 Å². The number of hydrogen-bond donors (Lipinski definition) is 0. The monoisotopic (exact) mass is 446 g/mol. The Morgan fingerprint density at radius 3 is 2.81 bits per heavy atom. The lowest BCUT2D eigenvalue weighted by Gasteiger charge is -2.23. The van der Waals surface area contributed by atoms with E-state index in [2.05, 4.69) is 4.36 Å². The van der Waals surface area contributed by atoms with Gasteiger partial charge in [0.15, 0.2) is 0 Å². The molecule has 0 spiro atoms. The summed E-state index contributed by atoms with van der Waals surface area (Å²) in [5.41, 5.74) is 2.56. The largest absolute Gasteiger partial charge is 0.464 e. The van der Waals surface area contributed by atoms with Crippen LogP contribution >= 0.6 is 0 Å². The van der Waals surface area contributed by atoms with Crippen molar-refractivity contribution >= 4 is 32.5 Å². The number of rotatable bonds is 6. The maximum atomic E-state index is 13.3. The van der Waals surface area contributed by atoms with E-state index in [0.717, 1.165) is 34.9 Å². The van der Waals surface area contributed by atoms with E-state index in [1.165, 1.54) is 0 Å². The fraction of sp³-hybridized carbons (Fsp3) is 0.565. The molecule has 31 heavy (non-hydrogen) atoms. The summed E-state index contributed by atoms with van der Waals surface area (Å²) < 4.78 is 28.2. The van der Waals surface area contributed by atoms with Gasteiger partial charge < -0.3 is 14.1 Å². The number of furan rings is 1. The third-order valence-electron chi connectivity index (χ3n) is 6.28. The lowest BCUT2D eigenvalue weighted by atomic mass is 10.0. The Bertz CT molecular complexity index is 1110. The van der Waals surface area contributed by atoms with Crippen LogP contribution in [0.1, 0.15) is 36.8 Å². The van der Waals surface area contributed by atoms with Crippen LogP contribution in [0.25, 0.3) is 11.0 Å². The minimum absolute atomic E-state index is 0.00814. The number of aryl methyl sites for hydroxylation is 1. The molecule has 0 N–H and O–H groups in total. The molecule has 2 fully saturated rings. The molecular formula is C23H30N2O5S. The Hall–Kier alpha value is -2.19. The number of carbonyl (C=O) groups is 2. The first-order chi connectivity index (χ1) is 14.8. The van der Waals surface area contributed by atoms with Crippen LogP contribution in [0.2, 0.25) is 0 Å². The quantitative estimate of drug-likeness (QED) is 0.679. The van der Waals surface area contributed by atoms with E-state index in [0.29, 0.717) is 38.3 Å². The van der Waals surface area contributed by atoms with Crippen molar-refractivity contribution < 1.29 is 23.0 Å². The lowest BCUT2D eigenvalue weighted by molar-refractivity contribution is -0.132. The second-order valence-electron chi connectivity index (χ2n) is 8.95. The highest BCUT2D eigenvalue weighted by molar-refractivity contribution is 7.93. The van der Waals surface area contributed by atoms with E-state index in [4.69, 9.17) is 9.15 Å². The number of benzene rings is 1. The number of hydrogen-bond acceptors (Lipinski definition) is 5. The van der Waals surface area contributed by atoms with Crippen molar-refractivity contribution in [3.05, 3.63) is 35.6 Å². The lowest BCUT2D eigenvalue weighted by Crippen LogP contribution is -2.35. The molecule has 168 valence electrons. The van der Waals surface area contributed by atoms with Crippen LogP contribution in [-0.2, 0) is 30.5 Å². The van der Waals surface area contributed by atoms with Crippen molar-refractivity contribution in [2.24, 2.45) is 9.78 Å². The van der Waals surface area contributed by atoms with Gasteiger partial charge in [-0.25, -0.2) is 4.21 Å². The second kappa shape index (κ2) is 8.74. The average molecular weight is 447 g/mol. The third-order valence-corrected chi connectivity index (χ3v) is 8.56. The Balaban J connectivity index is 1.40. The fourth-order valence-electron chi connectivity index (χ4n) is 4.28. The van der Waals surface area contributed by atoms with Crippen molar-refractivity contribution in [2.45, 2.75) is 39.0 Å². The molecule has 2 heterocycles. The molecule has 2 aromatic rings. The van der Waals surface area contributed by atoms with Gasteiger partial charge in [-0.1, -0.05) is 12.1 Å². The number of methoxy groups -OCH3 is 1. The van der Waals surface area contributed by atoms with Crippen molar-refractivity contribution in [3.63, 3.8) is 0 Å². The maximum absolute atomic E-state index is 13.3. The highest BCUT2D eigenvalue weighted by Gasteiger charge is 2.45. The molecule has 1 saturated heterocycles. The van der Waals surface area contributed by atoms with E-state index < -0.39 is 15.6 Å². The predicted octanol–water partition coefficient (Wildman–Crippen LogP) is 3.33. The smallest absolute Gasteiger partial charge is 0.258 e. The average Bonchev–Trinajstić information content (AvgIpc) is 3.40. The molecule has 0 radical (unpaired) electrons. The first-order valence-electron chi connectivity index (χ1n) is 10.8. The summed E-state index contributed by atoms with van der Waals surface area (Å²) in [6, 6.07) is 5.83. The first-order valence-corrected chi connectivity index (χ1v) is 12.7. The number of nitrogens with zero attached hydrogens (tertiary/aromatic N) is 2. The topological polar surface area (TPSA) is 89.2 Å². The van der Waals surface area contributed by atoms with Gasteiger partial charge in [-0.05, 0) is 37.8 Å². The molecule has 1 aromatic carbocycles. The van der Waals surface area contributed by atoms with Gasteiger partial charge in [0, 0.05) is 54.5 Å². The summed E-state index contributed by atoms with van der Waals surface area (Å²) in [6.07, 6.45) is 4.74. The zero-order valence-electron chi connectivity index (χ0n) is 18.2. The summed E-state index contributed by atoms with van der Waals surface area (Å²) in [5, 5.41) is 0.881. The summed E-state index contributed by atoms with van der Waals surface area (Å²) in [5.74, 6) is 0.277. The van der Waals surface area contributed by atoms with E-state index >= 15 is 0 Å². The standard InChI is InChI=1S/C23H30N2O5S/c1-17-4-5-19-18(15-30-20(19)12-17)13-21(26)24-31(28)10-3-8-25(9-11-31)22(27)14-23(6-7-23)16-29-2/h4-5,12,15H,3,6-11,13-14,16H2,1-2H3. The Labute approximate surface area is 183 Å². The van der Waals surface area contributed by atoms with Gasteiger partial charge in [-0.15, -0.1) is 0 Å². The Morgan fingerprint density at radius 2 is 2.06 bits per heavy atom. The van der Waals surface area contributed by atoms with Gasteiger partial charge in [0.1, 0.15) is 5.58 Å². The van der Waals surface area contributed by atoms with Crippen LogP contribution in [0.15, 0.2) is 33.2 Å². The van der Waals surface area contributed by atoms with Crippen LogP contribution in [0.4, 0.5) is 0 Å². The summed E-state index contributed by atoms with van der Waals surface area (Å²) in [7, 11) is -1.00. The van der Waals surface area contributed by atoms with Crippen molar-refractivity contribution in [1.82, 2.24) is 4.90 Å². The molecule has 1 aliphatic carbocycles. The SMILES string of the molecule is COCC1(CC(=O)N2CCCS(=O)(=NC(=O)Cc3coc4cc(C)ccc34)CC2)CC1. The molecule has 8 heteroatoms. The van der Waals surface area contributed by atoms with Crippen molar-refractivity contribution in [3.8, 4) is 0 Å². The molecule has 2 amide bonds. The molecule has 7 nitrogen and oxygen atoms in total. The molecule has 2 aliphatic rings. The minimum Gasteiger partial charge on any atom is -0.464 e. The summed E-state index contributed by atoms with van der Waals surface area (Å²) >= 11 is 0. The summed E-state index contributed by atoms with van der Waals surface area (Å²) in [4.78, 5) is 27.1. The molecular weight excluding hydrogens is 416 g/mol. The third kappa shape index (κ3) is 5.18. The second-order valence-corrected chi connectivity index (χ2v) is 11.5. The van der Waals surface area contributed by atoms with E-state index in [-0.39, 0.29) is 23.5 Å². The molecule has 1 saturated carbocycles. The predicted molar refractivity (Wildman–Crippen MR) is 119 cm³/mol. The number of amides is 2. The molecule has 4 rings (SSSR count). The number of ether oxygens (including phenoxy) is 1. The molecule has 1 aromatic heterocycles.